The molecule has 30 heavy (non-hydrogen) atoms. The van der Waals surface area contributed by atoms with Crippen LogP contribution >= 0.6 is 11.6 Å². The van der Waals surface area contributed by atoms with E-state index in [-0.39, 0.29) is 12.3 Å². The van der Waals surface area contributed by atoms with Crippen molar-refractivity contribution in [3.63, 3.8) is 0 Å². The predicted molar refractivity (Wildman–Crippen MR) is 117 cm³/mol. The first-order valence-corrected chi connectivity index (χ1v) is 10.1. The quantitative estimate of drug-likeness (QED) is 0.551. The number of nitrogens with zero attached hydrogens (tertiary/aromatic N) is 2. The molecule has 0 amide bonds. The number of hydrazone groups is 1. The summed E-state index contributed by atoms with van der Waals surface area (Å²) in [5.41, 5.74) is 4.07. The lowest BCUT2D eigenvalue weighted by Gasteiger charge is -2.38. The van der Waals surface area contributed by atoms with Gasteiger partial charge < -0.3 is 14.2 Å². The van der Waals surface area contributed by atoms with Gasteiger partial charge >= 0.3 is 0 Å². The van der Waals surface area contributed by atoms with Crippen LogP contribution in [0.15, 0.2) is 71.8 Å². The van der Waals surface area contributed by atoms with Crippen LogP contribution < -0.4 is 14.2 Å². The highest BCUT2D eigenvalue weighted by molar-refractivity contribution is 6.30. The molecule has 3 aromatic rings. The van der Waals surface area contributed by atoms with Crippen LogP contribution in [0, 0.1) is 0 Å². The minimum atomic E-state index is -0.303. The molecule has 5 nitrogen and oxygen atoms in total. The Morgan fingerprint density at radius 3 is 2.53 bits per heavy atom. The third-order valence-corrected chi connectivity index (χ3v) is 5.79. The standard InChI is InChI=1S/C24H21ClN2O3/c1-28-22-10-8-16(12-23(22)29-2)19-14-20-18-13-17(25)9-11-21(18)30-24(27(20)26-19)15-6-4-3-5-7-15/h3-13,20,24H,14H2,1-2H3/t20-,24-/m0/s1. The zero-order valence-electron chi connectivity index (χ0n) is 16.7. The van der Waals surface area contributed by atoms with Crippen molar-refractivity contribution in [3.05, 3.63) is 88.4 Å². The number of fused-ring (bicyclic) bond motifs is 3. The molecule has 0 aromatic heterocycles. The zero-order valence-corrected chi connectivity index (χ0v) is 17.5. The van der Waals surface area contributed by atoms with Crippen LogP contribution in [0.4, 0.5) is 0 Å². The largest absolute Gasteiger partial charge is 0.493 e. The van der Waals surface area contributed by atoms with Gasteiger partial charge in [-0.1, -0.05) is 41.9 Å². The Hall–Kier alpha value is -3.18. The average molecular weight is 421 g/mol. The fourth-order valence-electron chi connectivity index (χ4n) is 4.09. The van der Waals surface area contributed by atoms with Crippen molar-refractivity contribution in [1.82, 2.24) is 5.01 Å². The number of halogens is 1. The Morgan fingerprint density at radius 2 is 1.77 bits per heavy atom. The van der Waals surface area contributed by atoms with Crippen LogP contribution in [0.2, 0.25) is 5.02 Å². The highest BCUT2D eigenvalue weighted by Crippen LogP contribution is 2.48. The third-order valence-electron chi connectivity index (χ3n) is 5.55. The lowest BCUT2D eigenvalue weighted by Crippen LogP contribution is -2.33. The second-order valence-corrected chi connectivity index (χ2v) is 7.72. The number of hydrogen-bond acceptors (Lipinski definition) is 5. The molecular formula is C24H21ClN2O3. The van der Waals surface area contributed by atoms with E-state index in [0.717, 1.165) is 34.6 Å². The van der Waals surface area contributed by atoms with Crippen molar-refractivity contribution < 1.29 is 14.2 Å². The maximum Gasteiger partial charge on any atom is 0.213 e. The third kappa shape index (κ3) is 3.15. The van der Waals surface area contributed by atoms with Crippen LogP contribution in [0.25, 0.3) is 0 Å². The number of hydrogen-bond donors (Lipinski definition) is 0. The van der Waals surface area contributed by atoms with Crippen molar-refractivity contribution in [2.24, 2.45) is 5.10 Å². The number of ether oxygens (including phenoxy) is 3. The van der Waals surface area contributed by atoms with Crippen molar-refractivity contribution >= 4 is 17.3 Å². The maximum atomic E-state index is 6.37. The molecule has 6 heteroatoms. The van der Waals surface area contributed by atoms with Gasteiger partial charge in [-0.15, -0.1) is 0 Å². The van der Waals surface area contributed by atoms with Crippen LogP contribution in [-0.4, -0.2) is 24.9 Å². The van der Waals surface area contributed by atoms with Crippen LogP contribution in [0.1, 0.15) is 35.4 Å². The first-order valence-electron chi connectivity index (χ1n) is 9.77. The smallest absolute Gasteiger partial charge is 0.213 e. The molecule has 3 aromatic carbocycles. The molecule has 2 heterocycles. The van der Waals surface area contributed by atoms with Crippen LogP contribution in [-0.2, 0) is 0 Å². The number of rotatable bonds is 4. The fraction of sp³-hybridized carbons (Fsp3) is 0.208. The van der Waals surface area contributed by atoms with Gasteiger partial charge in [0.25, 0.3) is 0 Å². The molecule has 2 aliphatic rings. The predicted octanol–water partition coefficient (Wildman–Crippen LogP) is 5.60. The molecule has 0 saturated carbocycles. The summed E-state index contributed by atoms with van der Waals surface area (Å²) in [4.78, 5) is 0. The van der Waals surface area contributed by atoms with E-state index < -0.39 is 0 Å². The Bertz CT molecular complexity index is 1120. The molecule has 0 saturated heterocycles. The summed E-state index contributed by atoms with van der Waals surface area (Å²) >= 11 is 6.30. The van der Waals surface area contributed by atoms with Gasteiger partial charge in [-0.2, -0.15) is 5.10 Å². The topological polar surface area (TPSA) is 43.3 Å². The minimum Gasteiger partial charge on any atom is -0.493 e. The van der Waals surface area contributed by atoms with Gasteiger partial charge in [-0.05, 0) is 36.4 Å². The summed E-state index contributed by atoms with van der Waals surface area (Å²) in [6.07, 6.45) is 0.442. The molecule has 0 aliphatic carbocycles. The molecule has 0 unspecified atom stereocenters. The molecule has 2 aliphatic heterocycles. The first kappa shape index (κ1) is 18.8. The molecule has 0 radical (unpaired) electrons. The normalized spacial score (nSPS) is 19.4. The van der Waals surface area contributed by atoms with Gasteiger partial charge in [0.2, 0.25) is 6.23 Å². The molecular weight excluding hydrogens is 400 g/mol. The zero-order chi connectivity index (χ0) is 20.7. The first-order chi connectivity index (χ1) is 14.7. The van der Waals surface area contributed by atoms with Crippen molar-refractivity contribution in [2.45, 2.75) is 18.7 Å². The molecule has 0 N–H and O–H groups in total. The van der Waals surface area contributed by atoms with E-state index in [9.17, 15) is 0 Å². The van der Waals surface area contributed by atoms with Gasteiger partial charge in [0.15, 0.2) is 11.5 Å². The van der Waals surface area contributed by atoms with Crippen molar-refractivity contribution in [3.8, 4) is 17.2 Å². The van der Waals surface area contributed by atoms with E-state index in [1.807, 2.05) is 59.6 Å². The summed E-state index contributed by atoms with van der Waals surface area (Å²) in [5.74, 6) is 2.22. The minimum absolute atomic E-state index is 0.0424. The van der Waals surface area contributed by atoms with Gasteiger partial charge in [0, 0.05) is 28.1 Å². The summed E-state index contributed by atoms with van der Waals surface area (Å²) in [6.45, 7) is 0. The van der Waals surface area contributed by atoms with E-state index in [1.165, 1.54) is 0 Å². The van der Waals surface area contributed by atoms with Gasteiger partial charge in [0.05, 0.1) is 26.0 Å². The van der Waals surface area contributed by atoms with E-state index >= 15 is 0 Å². The molecule has 0 fully saturated rings. The van der Waals surface area contributed by atoms with E-state index in [2.05, 4.69) is 12.1 Å². The Kier molecular flexibility index (Phi) is 4.75. The summed E-state index contributed by atoms with van der Waals surface area (Å²) < 4.78 is 17.2. The van der Waals surface area contributed by atoms with Crippen LogP contribution in [0.5, 0.6) is 17.2 Å². The highest BCUT2D eigenvalue weighted by Gasteiger charge is 2.41. The monoisotopic (exact) mass is 420 g/mol. The second kappa shape index (κ2) is 7.58. The lowest BCUT2D eigenvalue weighted by molar-refractivity contribution is -0.0190. The number of methoxy groups -OCH3 is 2. The Balaban J connectivity index is 1.58. The van der Waals surface area contributed by atoms with E-state index in [1.54, 1.807) is 14.2 Å². The van der Waals surface area contributed by atoms with Crippen molar-refractivity contribution in [2.75, 3.05) is 14.2 Å². The highest BCUT2D eigenvalue weighted by atomic mass is 35.5. The molecule has 2 atom stereocenters. The Morgan fingerprint density at radius 1 is 0.967 bits per heavy atom. The average Bonchev–Trinajstić information content (AvgIpc) is 3.24. The summed E-state index contributed by atoms with van der Waals surface area (Å²) in [5, 5.41) is 7.71. The number of benzene rings is 3. The summed E-state index contributed by atoms with van der Waals surface area (Å²) in [6, 6.07) is 21.9. The maximum absolute atomic E-state index is 6.37. The van der Waals surface area contributed by atoms with E-state index in [4.69, 9.17) is 30.9 Å². The fourth-order valence-corrected chi connectivity index (χ4v) is 4.27. The van der Waals surface area contributed by atoms with Gasteiger partial charge in [-0.25, -0.2) is 5.01 Å². The Labute approximate surface area is 180 Å². The second-order valence-electron chi connectivity index (χ2n) is 7.28. The molecule has 152 valence electrons. The molecule has 0 spiro atoms. The van der Waals surface area contributed by atoms with Gasteiger partial charge in [0.1, 0.15) is 5.75 Å². The molecule has 5 rings (SSSR count). The van der Waals surface area contributed by atoms with Gasteiger partial charge in [-0.3, -0.25) is 0 Å². The van der Waals surface area contributed by atoms with Crippen LogP contribution in [0.3, 0.4) is 0 Å². The van der Waals surface area contributed by atoms with E-state index in [0.29, 0.717) is 16.5 Å². The lowest BCUT2D eigenvalue weighted by atomic mass is 9.95. The summed E-state index contributed by atoms with van der Waals surface area (Å²) in [7, 11) is 3.27. The molecule has 0 bridgehead atoms. The van der Waals surface area contributed by atoms with Crippen molar-refractivity contribution in [1.29, 1.82) is 0 Å². The SMILES string of the molecule is COc1ccc(C2=NN3[C@@H](C2)c2cc(Cl)ccc2O[C@H]3c2ccccc2)cc1OC.